The number of morpholine rings is 1. The standard InChI is InChI=1S/C13H20N2O6/c1-20-11(16)6-10-8-15(4-5-21-10)13(19)14-3-2-9(7-14)12(17)18/h9-10H,2-8H2,1H3,(H,17,18). The van der Waals surface area contributed by atoms with E-state index in [2.05, 4.69) is 4.74 Å². The molecular formula is C13H20N2O6. The molecule has 0 aromatic heterocycles. The van der Waals surface area contributed by atoms with Gasteiger partial charge >= 0.3 is 18.0 Å². The third-order valence-corrected chi connectivity index (χ3v) is 3.84. The molecule has 21 heavy (non-hydrogen) atoms. The average Bonchev–Trinajstić information content (AvgIpc) is 2.96. The number of hydrogen-bond donors (Lipinski definition) is 1. The molecule has 0 radical (unpaired) electrons. The molecule has 2 saturated heterocycles. The van der Waals surface area contributed by atoms with Crippen LogP contribution < -0.4 is 0 Å². The molecule has 2 heterocycles. The Balaban J connectivity index is 1.87. The van der Waals surface area contributed by atoms with Crippen LogP contribution in [-0.4, -0.2) is 78.9 Å². The zero-order valence-electron chi connectivity index (χ0n) is 12.0. The predicted molar refractivity (Wildman–Crippen MR) is 70.7 cm³/mol. The number of likely N-dealkylation sites (tertiary alicyclic amines) is 1. The second-order valence-electron chi connectivity index (χ2n) is 5.27. The number of ether oxygens (including phenoxy) is 2. The highest BCUT2D eigenvalue weighted by Gasteiger charge is 2.35. The van der Waals surface area contributed by atoms with Gasteiger partial charge in [0.05, 0.1) is 32.2 Å². The van der Waals surface area contributed by atoms with Gasteiger partial charge in [-0.3, -0.25) is 9.59 Å². The van der Waals surface area contributed by atoms with Crippen molar-refractivity contribution in [1.82, 2.24) is 9.80 Å². The largest absolute Gasteiger partial charge is 0.481 e. The van der Waals surface area contributed by atoms with Gasteiger partial charge in [-0.2, -0.15) is 0 Å². The van der Waals surface area contributed by atoms with Crippen LogP contribution in [0.25, 0.3) is 0 Å². The fourth-order valence-electron chi connectivity index (χ4n) is 2.62. The lowest BCUT2D eigenvalue weighted by Crippen LogP contribution is -2.51. The van der Waals surface area contributed by atoms with E-state index in [4.69, 9.17) is 9.84 Å². The molecule has 0 spiro atoms. The summed E-state index contributed by atoms with van der Waals surface area (Å²) in [7, 11) is 1.31. The summed E-state index contributed by atoms with van der Waals surface area (Å²) in [4.78, 5) is 37.7. The summed E-state index contributed by atoms with van der Waals surface area (Å²) in [5.74, 6) is -1.72. The van der Waals surface area contributed by atoms with E-state index in [9.17, 15) is 14.4 Å². The van der Waals surface area contributed by atoms with Crippen molar-refractivity contribution in [2.75, 3.05) is 39.9 Å². The smallest absolute Gasteiger partial charge is 0.320 e. The van der Waals surface area contributed by atoms with Gasteiger partial charge in [0.25, 0.3) is 0 Å². The summed E-state index contributed by atoms with van der Waals surface area (Å²) in [6.07, 6.45) is 0.225. The third kappa shape index (κ3) is 3.84. The fourth-order valence-corrected chi connectivity index (χ4v) is 2.62. The van der Waals surface area contributed by atoms with Gasteiger partial charge in [-0.25, -0.2) is 4.79 Å². The van der Waals surface area contributed by atoms with Crippen molar-refractivity contribution in [1.29, 1.82) is 0 Å². The quantitative estimate of drug-likeness (QED) is 0.724. The number of urea groups is 1. The van der Waals surface area contributed by atoms with Crippen LogP contribution in [-0.2, 0) is 19.1 Å². The van der Waals surface area contributed by atoms with E-state index in [0.717, 1.165) is 0 Å². The van der Waals surface area contributed by atoms with E-state index >= 15 is 0 Å². The molecule has 0 aliphatic carbocycles. The number of carbonyl (C=O) groups is 3. The number of carboxylic acids is 1. The third-order valence-electron chi connectivity index (χ3n) is 3.84. The highest BCUT2D eigenvalue weighted by Crippen LogP contribution is 2.19. The Morgan fingerprint density at radius 3 is 2.57 bits per heavy atom. The van der Waals surface area contributed by atoms with Gasteiger partial charge in [0, 0.05) is 26.2 Å². The van der Waals surface area contributed by atoms with E-state index in [1.54, 1.807) is 9.80 Å². The van der Waals surface area contributed by atoms with E-state index in [1.807, 2.05) is 0 Å². The summed E-state index contributed by atoms with van der Waals surface area (Å²) >= 11 is 0. The van der Waals surface area contributed by atoms with E-state index in [1.165, 1.54) is 7.11 Å². The summed E-state index contributed by atoms with van der Waals surface area (Å²) < 4.78 is 10.0. The Labute approximate surface area is 122 Å². The number of hydrogen-bond acceptors (Lipinski definition) is 5. The highest BCUT2D eigenvalue weighted by molar-refractivity contribution is 5.77. The van der Waals surface area contributed by atoms with Crippen LogP contribution in [0.4, 0.5) is 4.79 Å². The summed E-state index contributed by atoms with van der Waals surface area (Å²) in [5.41, 5.74) is 0. The van der Waals surface area contributed by atoms with Crippen LogP contribution in [0, 0.1) is 5.92 Å². The SMILES string of the molecule is COC(=O)CC1CN(C(=O)N2CCC(C(=O)O)C2)CCO1. The van der Waals surface area contributed by atoms with Crippen molar-refractivity contribution in [3.8, 4) is 0 Å². The van der Waals surface area contributed by atoms with Crippen LogP contribution in [0.3, 0.4) is 0 Å². The number of amides is 2. The van der Waals surface area contributed by atoms with Gasteiger partial charge in [0.1, 0.15) is 0 Å². The van der Waals surface area contributed by atoms with E-state index in [-0.39, 0.29) is 31.1 Å². The molecule has 2 amide bonds. The molecule has 2 aliphatic rings. The van der Waals surface area contributed by atoms with Crippen LogP contribution in [0.1, 0.15) is 12.8 Å². The lowest BCUT2D eigenvalue weighted by atomic mass is 10.1. The first-order chi connectivity index (χ1) is 10.0. The molecular weight excluding hydrogens is 280 g/mol. The van der Waals surface area contributed by atoms with Gasteiger partial charge < -0.3 is 24.4 Å². The minimum Gasteiger partial charge on any atom is -0.481 e. The van der Waals surface area contributed by atoms with Crippen LogP contribution in [0.2, 0.25) is 0 Å². The Morgan fingerprint density at radius 1 is 1.24 bits per heavy atom. The highest BCUT2D eigenvalue weighted by atomic mass is 16.5. The first-order valence-corrected chi connectivity index (χ1v) is 6.96. The molecule has 1 N–H and O–H groups in total. The lowest BCUT2D eigenvalue weighted by Gasteiger charge is -2.35. The normalized spacial score (nSPS) is 25.8. The number of nitrogens with zero attached hydrogens (tertiary/aromatic N) is 2. The lowest BCUT2D eigenvalue weighted by molar-refractivity contribution is -0.145. The molecule has 8 heteroatoms. The molecule has 0 bridgehead atoms. The molecule has 2 atom stereocenters. The van der Waals surface area contributed by atoms with Crippen molar-refractivity contribution < 1.29 is 29.0 Å². The second-order valence-corrected chi connectivity index (χ2v) is 5.27. The Kier molecular flexibility index (Phi) is 5.00. The molecule has 0 saturated carbocycles. The topological polar surface area (TPSA) is 96.4 Å². The zero-order valence-corrected chi connectivity index (χ0v) is 12.0. The first-order valence-electron chi connectivity index (χ1n) is 6.96. The number of carboxylic acid groups (broad SMARTS) is 1. The minimum atomic E-state index is -0.865. The summed E-state index contributed by atoms with van der Waals surface area (Å²) in [5, 5.41) is 8.97. The van der Waals surface area contributed by atoms with Crippen molar-refractivity contribution in [2.45, 2.75) is 18.9 Å². The van der Waals surface area contributed by atoms with Crippen molar-refractivity contribution in [3.05, 3.63) is 0 Å². The minimum absolute atomic E-state index is 0.109. The summed E-state index contributed by atoms with van der Waals surface area (Å²) in [6.45, 7) is 1.83. The van der Waals surface area contributed by atoms with Crippen LogP contribution in [0.5, 0.6) is 0 Å². The Morgan fingerprint density at radius 2 is 1.95 bits per heavy atom. The van der Waals surface area contributed by atoms with Gasteiger partial charge in [-0.1, -0.05) is 0 Å². The number of rotatable bonds is 3. The van der Waals surface area contributed by atoms with E-state index < -0.39 is 11.9 Å². The molecule has 2 rings (SSSR count). The fraction of sp³-hybridized carbons (Fsp3) is 0.769. The predicted octanol–water partition coefficient (Wildman–Crippen LogP) is -0.223. The van der Waals surface area contributed by atoms with E-state index in [0.29, 0.717) is 32.7 Å². The van der Waals surface area contributed by atoms with Crippen LogP contribution >= 0.6 is 0 Å². The Hall–Kier alpha value is -1.83. The molecule has 2 fully saturated rings. The average molecular weight is 300 g/mol. The molecule has 2 aliphatic heterocycles. The van der Waals surface area contributed by atoms with Gasteiger partial charge in [0.15, 0.2) is 0 Å². The number of aliphatic carboxylic acids is 1. The first kappa shape index (κ1) is 15.6. The zero-order chi connectivity index (χ0) is 15.4. The van der Waals surface area contributed by atoms with Gasteiger partial charge in [-0.15, -0.1) is 0 Å². The van der Waals surface area contributed by atoms with Gasteiger partial charge in [0.2, 0.25) is 0 Å². The molecule has 118 valence electrons. The molecule has 0 aromatic rings. The molecule has 2 unspecified atom stereocenters. The maximum atomic E-state index is 12.4. The van der Waals surface area contributed by atoms with Gasteiger partial charge in [-0.05, 0) is 6.42 Å². The Bertz CT molecular complexity index is 427. The van der Waals surface area contributed by atoms with Crippen LogP contribution in [0.15, 0.2) is 0 Å². The number of carbonyl (C=O) groups excluding carboxylic acids is 2. The van der Waals surface area contributed by atoms with Crippen molar-refractivity contribution >= 4 is 18.0 Å². The number of esters is 1. The summed E-state index contributed by atoms with van der Waals surface area (Å²) in [6, 6.07) is -0.183. The molecule has 8 nitrogen and oxygen atoms in total. The monoisotopic (exact) mass is 300 g/mol. The second kappa shape index (κ2) is 6.75. The molecule has 0 aromatic carbocycles. The van der Waals surface area contributed by atoms with Crippen molar-refractivity contribution in [3.63, 3.8) is 0 Å². The maximum absolute atomic E-state index is 12.4. The van der Waals surface area contributed by atoms with Crippen molar-refractivity contribution in [2.24, 2.45) is 5.92 Å². The maximum Gasteiger partial charge on any atom is 0.320 e. The number of methoxy groups -OCH3 is 1.